The Morgan fingerprint density at radius 3 is 2.38 bits per heavy atom. The second-order valence-corrected chi connectivity index (χ2v) is 5.49. The van der Waals surface area contributed by atoms with E-state index in [-0.39, 0.29) is 6.04 Å². The first kappa shape index (κ1) is 15.1. The van der Waals surface area contributed by atoms with Crippen LogP contribution in [0.2, 0.25) is 0 Å². The minimum Gasteiger partial charge on any atom is -0.378 e. The lowest BCUT2D eigenvalue weighted by Gasteiger charge is -2.20. The number of para-hydroxylation sites is 1. The molecule has 2 aromatic carbocycles. The molecule has 0 bridgehead atoms. The Kier molecular flexibility index (Phi) is 4.97. The van der Waals surface area contributed by atoms with E-state index in [0.717, 1.165) is 12.2 Å². The fraction of sp³-hybridized carbons (Fsp3) is 0.278. The van der Waals surface area contributed by atoms with Crippen molar-refractivity contribution in [3.63, 3.8) is 0 Å². The zero-order valence-electron chi connectivity index (χ0n) is 12.8. The number of benzene rings is 2. The third-order valence-corrected chi connectivity index (χ3v) is 3.42. The van der Waals surface area contributed by atoms with Crippen molar-refractivity contribution in [2.45, 2.75) is 19.5 Å². The molecule has 0 heterocycles. The maximum atomic E-state index is 8.85. The zero-order valence-corrected chi connectivity index (χ0v) is 12.8. The van der Waals surface area contributed by atoms with Crippen molar-refractivity contribution in [2.24, 2.45) is 0 Å². The normalized spacial score (nSPS) is 12.0. The average molecular weight is 279 g/mol. The number of anilines is 1. The summed E-state index contributed by atoms with van der Waals surface area (Å²) in [6.07, 6.45) is 0. The largest absolute Gasteiger partial charge is 0.378 e. The Morgan fingerprint density at radius 2 is 1.76 bits per heavy atom. The van der Waals surface area contributed by atoms with Crippen LogP contribution in [-0.2, 0) is 6.54 Å². The van der Waals surface area contributed by atoms with Gasteiger partial charge in [-0.05, 0) is 50.3 Å². The first-order valence-electron chi connectivity index (χ1n) is 7.09. The van der Waals surface area contributed by atoms with E-state index in [1.54, 1.807) is 0 Å². The van der Waals surface area contributed by atoms with Gasteiger partial charge in [0.1, 0.15) is 0 Å². The van der Waals surface area contributed by atoms with Crippen LogP contribution in [0.15, 0.2) is 48.5 Å². The molecule has 0 spiro atoms. The van der Waals surface area contributed by atoms with Crippen LogP contribution >= 0.6 is 0 Å². The maximum Gasteiger partial charge on any atom is 0.0991 e. The molecule has 0 saturated carbocycles. The van der Waals surface area contributed by atoms with E-state index >= 15 is 0 Å². The third kappa shape index (κ3) is 4.08. The molecule has 108 valence electrons. The molecular formula is C18H21N3. The molecule has 0 aliphatic carbocycles. The first-order valence-corrected chi connectivity index (χ1v) is 7.09. The van der Waals surface area contributed by atoms with E-state index in [4.69, 9.17) is 5.26 Å². The van der Waals surface area contributed by atoms with Crippen LogP contribution in [-0.4, -0.2) is 19.0 Å². The topological polar surface area (TPSA) is 39.1 Å². The number of rotatable bonds is 5. The van der Waals surface area contributed by atoms with Crippen molar-refractivity contribution < 1.29 is 0 Å². The summed E-state index contributed by atoms with van der Waals surface area (Å²) in [4.78, 5) is 2.16. The number of hydrogen-bond donors (Lipinski definition) is 1. The van der Waals surface area contributed by atoms with E-state index < -0.39 is 0 Å². The predicted molar refractivity (Wildman–Crippen MR) is 87.0 cm³/mol. The summed E-state index contributed by atoms with van der Waals surface area (Å²) in [5, 5.41) is 12.4. The molecule has 0 fully saturated rings. The van der Waals surface area contributed by atoms with Crippen molar-refractivity contribution in [2.75, 3.05) is 19.4 Å². The molecule has 1 N–H and O–H groups in total. The molecule has 0 saturated heterocycles. The van der Waals surface area contributed by atoms with E-state index in [1.165, 1.54) is 11.1 Å². The molecule has 2 rings (SSSR count). The average Bonchev–Trinajstić information content (AvgIpc) is 2.49. The van der Waals surface area contributed by atoms with Gasteiger partial charge in [0.05, 0.1) is 11.6 Å². The van der Waals surface area contributed by atoms with Gasteiger partial charge in [-0.1, -0.05) is 30.3 Å². The molecule has 0 radical (unpaired) electrons. The second kappa shape index (κ2) is 6.92. The Hall–Kier alpha value is -2.31. The summed E-state index contributed by atoms with van der Waals surface area (Å²) in [6.45, 7) is 3.04. The number of nitrogens with one attached hydrogen (secondary N) is 1. The van der Waals surface area contributed by atoms with Crippen LogP contribution < -0.4 is 5.32 Å². The van der Waals surface area contributed by atoms with E-state index in [0.29, 0.717) is 5.56 Å². The summed E-state index contributed by atoms with van der Waals surface area (Å²) in [7, 11) is 4.14. The van der Waals surface area contributed by atoms with Crippen LogP contribution in [0.5, 0.6) is 0 Å². The first-order chi connectivity index (χ1) is 10.1. The molecule has 3 heteroatoms. The van der Waals surface area contributed by atoms with Crippen molar-refractivity contribution in [3.05, 3.63) is 65.2 Å². The van der Waals surface area contributed by atoms with Crippen LogP contribution in [0, 0.1) is 11.3 Å². The summed E-state index contributed by atoms with van der Waals surface area (Å²) in [5.74, 6) is 0. The van der Waals surface area contributed by atoms with Crippen LogP contribution in [0.3, 0.4) is 0 Å². The molecule has 21 heavy (non-hydrogen) atoms. The minimum atomic E-state index is 0.195. The van der Waals surface area contributed by atoms with E-state index in [9.17, 15) is 0 Å². The predicted octanol–water partition coefficient (Wildman–Crippen LogP) is 3.79. The molecule has 3 nitrogen and oxygen atoms in total. The van der Waals surface area contributed by atoms with Crippen molar-refractivity contribution in [1.82, 2.24) is 4.90 Å². The van der Waals surface area contributed by atoms with Gasteiger partial charge in [-0.3, -0.25) is 0 Å². The quantitative estimate of drug-likeness (QED) is 0.905. The maximum absolute atomic E-state index is 8.85. The van der Waals surface area contributed by atoms with E-state index in [1.807, 2.05) is 30.3 Å². The van der Waals surface area contributed by atoms with Crippen LogP contribution in [0.25, 0.3) is 0 Å². The monoisotopic (exact) mass is 279 g/mol. The molecule has 0 aliphatic rings. The fourth-order valence-corrected chi connectivity index (χ4v) is 2.30. The lowest BCUT2D eigenvalue weighted by atomic mass is 10.1. The summed E-state index contributed by atoms with van der Waals surface area (Å²) >= 11 is 0. The number of hydrogen-bond acceptors (Lipinski definition) is 3. The van der Waals surface area contributed by atoms with Crippen LogP contribution in [0.1, 0.15) is 29.7 Å². The molecule has 0 aromatic heterocycles. The van der Waals surface area contributed by atoms with Gasteiger partial charge in [0.25, 0.3) is 0 Å². The lowest BCUT2D eigenvalue weighted by Crippen LogP contribution is -2.14. The molecular weight excluding hydrogens is 258 g/mol. The van der Waals surface area contributed by atoms with Gasteiger partial charge in [-0.2, -0.15) is 5.26 Å². The van der Waals surface area contributed by atoms with Crippen molar-refractivity contribution >= 4 is 5.69 Å². The summed E-state index contributed by atoms with van der Waals surface area (Å²) in [6, 6.07) is 18.4. The van der Waals surface area contributed by atoms with Gasteiger partial charge in [-0.15, -0.1) is 0 Å². The number of nitriles is 1. The molecule has 2 aromatic rings. The molecule has 1 atom stereocenters. The highest BCUT2D eigenvalue weighted by Gasteiger charge is 2.08. The zero-order chi connectivity index (χ0) is 15.2. The lowest BCUT2D eigenvalue weighted by molar-refractivity contribution is 0.403. The van der Waals surface area contributed by atoms with Gasteiger partial charge >= 0.3 is 0 Å². The SMILES string of the molecule is CC(Nc1ccccc1CN(C)C)c1ccc(C#N)cc1. The summed E-state index contributed by atoms with van der Waals surface area (Å²) < 4.78 is 0. The highest BCUT2D eigenvalue weighted by atomic mass is 15.1. The molecule has 1 unspecified atom stereocenters. The Labute approximate surface area is 126 Å². The van der Waals surface area contributed by atoms with Gasteiger partial charge in [0, 0.05) is 18.3 Å². The van der Waals surface area contributed by atoms with Crippen molar-refractivity contribution in [3.8, 4) is 6.07 Å². The smallest absolute Gasteiger partial charge is 0.0991 e. The summed E-state index contributed by atoms with van der Waals surface area (Å²) in [5.41, 5.74) is 4.30. The van der Waals surface area contributed by atoms with Gasteiger partial charge in [-0.25, -0.2) is 0 Å². The Morgan fingerprint density at radius 1 is 1.10 bits per heavy atom. The van der Waals surface area contributed by atoms with E-state index in [2.05, 4.69) is 55.5 Å². The Bertz CT molecular complexity index is 624. The Balaban J connectivity index is 2.15. The second-order valence-electron chi connectivity index (χ2n) is 5.49. The molecule has 0 amide bonds. The van der Waals surface area contributed by atoms with Gasteiger partial charge in [0.15, 0.2) is 0 Å². The highest BCUT2D eigenvalue weighted by Crippen LogP contribution is 2.23. The fourth-order valence-electron chi connectivity index (χ4n) is 2.30. The molecule has 0 aliphatic heterocycles. The third-order valence-electron chi connectivity index (χ3n) is 3.42. The number of nitrogens with zero attached hydrogens (tertiary/aromatic N) is 2. The van der Waals surface area contributed by atoms with Gasteiger partial charge in [0.2, 0.25) is 0 Å². The van der Waals surface area contributed by atoms with Gasteiger partial charge < -0.3 is 10.2 Å². The van der Waals surface area contributed by atoms with Crippen LogP contribution in [0.4, 0.5) is 5.69 Å². The highest BCUT2D eigenvalue weighted by molar-refractivity contribution is 5.52. The standard InChI is InChI=1S/C18H21N3/c1-14(16-10-8-15(12-19)9-11-16)20-18-7-5-4-6-17(18)13-21(2)3/h4-11,14,20H,13H2,1-3H3. The van der Waals surface area contributed by atoms with Crippen molar-refractivity contribution in [1.29, 1.82) is 5.26 Å². The minimum absolute atomic E-state index is 0.195.